The molecule has 0 atom stereocenters. The minimum atomic E-state index is -4.30. The number of halogens is 3. The third kappa shape index (κ3) is 3.20. The van der Waals surface area contributed by atoms with Crippen LogP contribution in [0.5, 0.6) is 0 Å². The van der Waals surface area contributed by atoms with Crippen LogP contribution in [-0.4, -0.2) is 6.54 Å². The lowest BCUT2D eigenvalue weighted by atomic mass is 9.72. The molecule has 1 aromatic rings. The molecule has 1 saturated carbocycles. The fourth-order valence-corrected chi connectivity index (χ4v) is 2.83. The van der Waals surface area contributed by atoms with E-state index in [9.17, 15) is 13.2 Å². The fraction of sp³-hybridized carbons (Fsp3) is 0.538. The van der Waals surface area contributed by atoms with Gasteiger partial charge in [0.15, 0.2) is 0 Å². The van der Waals surface area contributed by atoms with E-state index >= 15 is 0 Å². The lowest BCUT2D eigenvalue weighted by Gasteiger charge is -2.34. The predicted octanol–water partition coefficient (Wildman–Crippen LogP) is 3.52. The number of thiol groups is 1. The van der Waals surface area contributed by atoms with Crippen LogP contribution in [0.1, 0.15) is 24.0 Å². The van der Waals surface area contributed by atoms with E-state index in [-0.39, 0.29) is 0 Å². The summed E-state index contributed by atoms with van der Waals surface area (Å²) in [6.07, 6.45) is -1.57. The Labute approximate surface area is 110 Å². The lowest BCUT2D eigenvalue weighted by Crippen LogP contribution is -2.31. The average Bonchev–Trinajstić information content (AvgIpc) is 2.20. The first-order chi connectivity index (χ1) is 8.38. The summed E-state index contributed by atoms with van der Waals surface area (Å²) in [6, 6.07) is 4.01. The van der Waals surface area contributed by atoms with E-state index in [1.54, 1.807) is 6.07 Å². The number of rotatable bonds is 3. The third-order valence-electron chi connectivity index (χ3n) is 3.50. The Hall–Kier alpha value is -0.680. The summed E-state index contributed by atoms with van der Waals surface area (Å²) in [4.78, 5) is 0.370. The largest absolute Gasteiger partial charge is 0.416 e. The number of benzene rings is 1. The van der Waals surface area contributed by atoms with Crippen molar-refractivity contribution in [3.05, 3.63) is 29.3 Å². The molecule has 2 N–H and O–H groups in total. The van der Waals surface area contributed by atoms with Crippen molar-refractivity contribution in [1.29, 1.82) is 0 Å². The van der Waals surface area contributed by atoms with Crippen molar-refractivity contribution in [2.75, 3.05) is 6.54 Å². The highest BCUT2D eigenvalue weighted by molar-refractivity contribution is 7.80. The van der Waals surface area contributed by atoms with Crippen LogP contribution in [0, 0.1) is 11.8 Å². The quantitative estimate of drug-likeness (QED) is 0.811. The summed E-state index contributed by atoms with van der Waals surface area (Å²) in [6.45, 7) is 0.677. The standard InChI is InChI=1S/C13H16F3NS/c14-13(15,16)11-4-9(5-12(18)6-11)1-8-2-10(3-8)7-17/h4-6,8,10,18H,1-3,7,17H2. The number of hydrogen-bond donors (Lipinski definition) is 2. The first kappa shape index (κ1) is 13.7. The average molecular weight is 275 g/mol. The van der Waals surface area contributed by atoms with Crippen LogP contribution >= 0.6 is 12.6 Å². The van der Waals surface area contributed by atoms with E-state index in [1.165, 1.54) is 6.07 Å². The van der Waals surface area contributed by atoms with E-state index < -0.39 is 11.7 Å². The maximum absolute atomic E-state index is 12.6. The van der Waals surface area contributed by atoms with E-state index in [0.29, 0.717) is 29.7 Å². The molecule has 1 nitrogen and oxygen atoms in total. The summed E-state index contributed by atoms with van der Waals surface area (Å²) in [5, 5.41) is 0. The van der Waals surface area contributed by atoms with Gasteiger partial charge in [-0.15, -0.1) is 12.6 Å². The van der Waals surface area contributed by atoms with Crippen molar-refractivity contribution in [3.63, 3.8) is 0 Å². The van der Waals surface area contributed by atoms with E-state index in [4.69, 9.17) is 5.73 Å². The number of alkyl halides is 3. The van der Waals surface area contributed by atoms with Crippen molar-refractivity contribution < 1.29 is 13.2 Å². The summed E-state index contributed by atoms with van der Waals surface area (Å²) in [7, 11) is 0. The highest BCUT2D eigenvalue weighted by Gasteiger charge is 2.32. The molecule has 0 bridgehead atoms. The van der Waals surface area contributed by atoms with Crippen LogP contribution in [0.25, 0.3) is 0 Å². The maximum atomic E-state index is 12.6. The van der Waals surface area contributed by atoms with Crippen LogP contribution in [0.15, 0.2) is 23.1 Å². The van der Waals surface area contributed by atoms with Crippen molar-refractivity contribution in [1.82, 2.24) is 0 Å². The summed E-state index contributed by atoms with van der Waals surface area (Å²) < 4.78 is 37.9. The van der Waals surface area contributed by atoms with Gasteiger partial charge in [-0.05, 0) is 61.4 Å². The Morgan fingerprint density at radius 3 is 2.39 bits per heavy atom. The van der Waals surface area contributed by atoms with Crippen molar-refractivity contribution >= 4 is 12.6 Å². The minimum Gasteiger partial charge on any atom is -0.330 e. The molecular formula is C13H16F3NS. The van der Waals surface area contributed by atoms with Crippen molar-refractivity contribution in [3.8, 4) is 0 Å². The Morgan fingerprint density at radius 2 is 1.83 bits per heavy atom. The van der Waals surface area contributed by atoms with Gasteiger partial charge in [0.25, 0.3) is 0 Å². The van der Waals surface area contributed by atoms with Gasteiger partial charge in [-0.25, -0.2) is 0 Å². The summed E-state index contributed by atoms with van der Waals surface area (Å²) in [5.74, 6) is 1.02. The molecule has 0 heterocycles. The van der Waals surface area contributed by atoms with E-state index in [0.717, 1.165) is 24.5 Å². The molecule has 1 aromatic carbocycles. The maximum Gasteiger partial charge on any atom is 0.416 e. The normalized spacial score (nSPS) is 23.8. The smallest absolute Gasteiger partial charge is 0.330 e. The van der Waals surface area contributed by atoms with Crippen LogP contribution in [0.4, 0.5) is 13.2 Å². The van der Waals surface area contributed by atoms with Gasteiger partial charge in [0, 0.05) is 4.90 Å². The molecule has 1 aliphatic carbocycles. The van der Waals surface area contributed by atoms with Gasteiger partial charge in [0.2, 0.25) is 0 Å². The van der Waals surface area contributed by atoms with Gasteiger partial charge < -0.3 is 5.73 Å². The molecule has 0 aliphatic heterocycles. The van der Waals surface area contributed by atoms with Crippen molar-refractivity contribution in [2.24, 2.45) is 17.6 Å². The molecule has 1 fully saturated rings. The summed E-state index contributed by atoms with van der Waals surface area (Å²) in [5.41, 5.74) is 5.64. The zero-order chi connectivity index (χ0) is 13.3. The van der Waals surface area contributed by atoms with Crippen LogP contribution in [0.2, 0.25) is 0 Å². The highest BCUT2D eigenvalue weighted by Crippen LogP contribution is 2.37. The molecule has 1 aliphatic rings. The number of hydrogen-bond acceptors (Lipinski definition) is 2. The molecule has 0 saturated heterocycles. The molecule has 0 aromatic heterocycles. The van der Waals surface area contributed by atoms with Gasteiger partial charge in [-0.3, -0.25) is 0 Å². The molecule has 2 rings (SSSR count). The predicted molar refractivity (Wildman–Crippen MR) is 67.7 cm³/mol. The fourth-order valence-electron chi connectivity index (χ4n) is 2.52. The van der Waals surface area contributed by atoms with Gasteiger partial charge >= 0.3 is 6.18 Å². The van der Waals surface area contributed by atoms with Gasteiger partial charge in [0.05, 0.1) is 5.56 Å². The SMILES string of the molecule is NCC1CC(Cc2cc(S)cc(C(F)(F)F)c2)C1. The molecule has 0 amide bonds. The van der Waals surface area contributed by atoms with Gasteiger partial charge in [0.1, 0.15) is 0 Å². The molecule has 0 spiro atoms. The zero-order valence-corrected chi connectivity index (χ0v) is 10.8. The van der Waals surface area contributed by atoms with Crippen LogP contribution < -0.4 is 5.73 Å². The van der Waals surface area contributed by atoms with E-state index in [1.807, 2.05) is 0 Å². The zero-order valence-electron chi connectivity index (χ0n) is 9.87. The Bertz CT molecular complexity index is 425. The molecule has 5 heteroatoms. The topological polar surface area (TPSA) is 26.0 Å². The van der Waals surface area contributed by atoms with Crippen molar-refractivity contribution in [2.45, 2.75) is 30.3 Å². The summed E-state index contributed by atoms with van der Waals surface area (Å²) >= 11 is 4.04. The molecule has 0 radical (unpaired) electrons. The molecule has 0 unspecified atom stereocenters. The van der Waals surface area contributed by atoms with Crippen LogP contribution in [-0.2, 0) is 12.6 Å². The Morgan fingerprint density at radius 1 is 1.17 bits per heavy atom. The van der Waals surface area contributed by atoms with Gasteiger partial charge in [-0.2, -0.15) is 13.2 Å². The Balaban J connectivity index is 2.07. The Kier molecular flexibility index (Phi) is 3.92. The number of nitrogens with two attached hydrogens (primary N) is 1. The lowest BCUT2D eigenvalue weighted by molar-refractivity contribution is -0.137. The molecule has 100 valence electrons. The second-order valence-corrected chi connectivity index (χ2v) is 5.55. The molecule has 18 heavy (non-hydrogen) atoms. The second-order valence-electron chi connectivity index (χ2n) is 5.03. The van der Waals surface area contributed by atoms with Gasteiger partial charge in [-0.1, -0.05) is 0 Å². The monoisotopic (exact) mass is 275 g/mol. The minimum absolute atomic E-state index is 0.370. The second kappa shape index (κ2) is 5.13. The molecular weight excluding hydrogens is 259 g/mol. The van der Waals surface area contributed by atoms with E-state index in [2.05, 4.69) is 12.6 Å². The highest BCUT2D eigenvalue weighted by atomic mass is 32.1. The first-order valence-corrected chi connectivity index (χ1v) is 6.43. The van der Waals surface area contributed by atoms with Crippen LogP contribution in [0.3, 0.4) is 0 Å². The first-order valence-electron chi connectivity index (χ1n) is 5.98. The third-order valence-corrected chi connectivity index (χ3v) is 3.75.